The van der Waals surface area contributed by atoms with Gasteiger partial charge in [-0.1, -0.05) is 39.5 Å². The van der Waals surface area contributed by atoms with Crippen LogP contribution in [0.1, 0.15) is 76.0 Å². The number of unbranched alkanes of at least 4 members (excludes halogenated alkanes) is 3. The fourth-order valence-corrected chi connectivity index (χ4v) is 21.3. The molecule has 0 amide bonds. The third kappa shape index (κ3) is 5.89. The fraction of sp³-hybridized carbons (Fsp3) is 0.385. The van der Waals surface area contributed by atoms with E-state index in [1.165, 1.54) is 48.3 Å². The molecule has 0 spiro atoms. The summed E-state index contributed by atoms with van der Waals surface area (Å²) in [6.07, 6.45) is 15.4. The smallest absolute Gasteiger partial charge is 0.147 e. The topological polar surface area (TPSA) is 0 Å². The van der Waals surface area contributed by atoms with Crippen LogP contribution in [-0.2, 0) is 19.4 Å². The molecule has 164 valence electrons. The van der Waals surface area contributed by atoms with Gasteiger partial charge in [0.2, 0.25) is 0 Å². The first kappa shape index (κ1) is 27.6. The summed E-state index contributed by atoms with van der Waals surface area (Å²) in [7, 11) is 1.40. The molecule has 0 bridgehead atoms. The third-order valence-electron chi connectivity index (χ3n) is 6.74. The van der Waals surface area contributed by atoms with E-state index in [1.807, 2.05) is 0 Å². The number of hydrogen-bond acceptors (Lipinski definition) is 0. The molecule has 0 N–H and O–H groups in total. The van der Waals surface area contributed by atoms with Crippen molar-refractivity contribution in [2.45, 2.75) is 57.8 Å². The summed E-state index contributed by atoms with van der Waals surface area (Å²) in [5, 5.41) is 0. The predicted molar refractivity (Wildman–Crippen MR) is 141 cm³/mol. The zero-order valence-electron chi connectivity index (χ0n) is 18.9. The van der Waals surface area contributed by atoms with Crippen molar-refractivity contribution in [2.24, 2.45) is 0 Å². The molecular formula is C26H38Cl2SiZr. The van der Waals surface area contributed by atoms with Crippen molar-refractivity contribution < 1.29 is 19.4 Å². The number of halogens is 2. The van der Waals surface area contributed by atoms with E-state index in [1.54, 1.807) is 11.1 Å². The Morgan fingerprint density at radius 1 is 0.700 bits per heavy atom. The van der Waals surface area contributed by atoms with E-state index in [2.05, 4.69) is 93.6 Å². The quantitative estimate of drug-likeness (QED) is 0.259. The maximum atomic E-state index is 2.55. The Balaban J connectivity index is 0.000000500. The van der Waals surface area contributed by atoms with Crippen LogP contribution in [-0.4, -0.2) is 7.37 Å². The molecule has 30 heavy (non-hydrogen) atoms. The first-order chi connectivity index (χ1) is 13.7. The largest absolute Gasteiger partial charge is 0.147 e. The van der Waals surface area contributed by atoms with Crippen LogP contribution in [0.25, 0.3) is 12.2 Å². The second-order valence-corrected chi connectivity index (χ2v) is 31.7. The van der Waals surface area contributed by atoms with Crippen LogP contribution in [0.5, 0.6) is 0 Å². The van der Waals surface area contributed by atoms with Crippen LogP contribution < -0.4 is 0 Å². The molecule has 0 nitrogen and oxygen atoms in total. The Labute approximate surface area is 203 Å². The van der Waals surface area contributed by atoms with Crippen molar-refractivity contribution in [1.82, 2.24) is 0 Å². The Morgan fingerprint density at radius 2 is 1.10 bits per heavy atom. The number of fused-ring (bicyclic) bond motifs is 2. The van der Waals surface area contributed by atoms with Crippen LogP contribution in [0.15, 0.2) is 60.7 Å². The molecule has 4 rings (SSSR count). The summed E-state index contributed by atoms with van der Waals surface area (Å²) in [6.45, 7) is 6.93. The van der Waals surface area contributed by atoms with Gasteiger partial charge in [-0.3, -0.25) is 0 Å². The van der Waals surface area contributed by atoms with E-state index in [4.69, 9.17) is 0 Å². The van der Waals surface area contributed by atoms with Gasteiger partial charge in [-0.25, -0.2) is 0 Å². The van der Waals surface area contributed by atoms with Crippen molar-refractivity contribution in [2.75, 3.05) is 0 Å². The molecule has 2 aromatic rings. The molecule has 0 aromatic heterocycles. The zero-order chi connectivity index (χ0) is 20.0. The molecule has 0 heterocycles. The average Bonchev–Trinajstić information content (AvgIpc) is 3.37. The van der Waals surface area contributed by atoms with Crippen molar-refractivity contribution in [3.8, 4) is 0 Å². The van der Waals surface area contributed by atoms with Gasteiger partial charge >= 0.3 is 140 Å². The van der Waals surface area contributed by atoms with Gasteiger partial charge in [0.25, 0.3) is 0 Å². The molecule has 2 unspecified atom stereocenters. The van der Waals surface area contributed by atoms with Crippen LogP contribution in [0, 0.1) is 0 Å². The monoisotopic (exact) mass is 538 g/mol. The second kappa shape index (κ2) is 13.2. The summed E-state index contributed by atoms with van der Waals surface area (Å²) in [6, 6.07) is 18.1. The van der Waals surface area contributed by atoms with Gasteiger partial charge in [-0.15, -0.1) is 24.8 Å². The maximum Gasteiger partial charge on any atom is -0.147 e. The van der Waals surface area contributed by atoms with Gasteiger partial charge in [-0.2, -0.15) is 0 Å². The molecule has 4 heteroatoms. The molecule has 0 radical (unpaired) electrons. The third-order valence-corrected chi connectivity index (χ3v) is 31.5. The molecule has 2 atom stereocenters. The van der Waals surface area contributed by atoms with Crippen LogP contribution in [0.3, 0.4) is 0 Å². The first-order valence-electron chi connectivity index (χ1n) is 11.2. The Hall–Kier alpha value is -0.400. The Kier molecular flexibility index (Phi) is 12.2. The van der Waals surface area contributed by atoms with Gasteiger partial charge in [0.1, 0.15) is 0 Å². The zero-order valence-corrected chi connectivity index (χ0v) is 25.0. The fourth-order valence-electron chi connectivity index (χ4n) is 4.78. The van der Waals surface area contributed by atoms with Crippen molar-refractivity contribution >= 4 is 44.3 Å². The van der Waals surface area contributed by atoms with E-state index in [-0.39, 0.29) is 24.8 Å². The van der Waals surface area contributed by atoms with Gasteiger partial charge in [0.05, 0.1) is 0 Å². The maximum absolute atomic E-state index is 2.55. The van der Waals surface area contributed by atoms with E-state index in [0.717, 1.165) is 7.25 Å². The molecule has 2 aromatic carbocycles. The summed E-state index contributed by atoms with van der Waals surface area (Å²) in [4.78, 5) is 0. The average molecular weight is 541 g/mol. The first-order valence-corrected chi connectivity index (χ1v) is 24.1. The van der Waals surface area contributed by atoms with Crippen molar-refractivity contribution in [3.63, 3.8) is 0 Å². The summed E-state index contributed by atoms with van der Waals surface area (Å²) in [5.41, 5.74) is 6.17. The molecule has 0 aliphatic heterocycles. The number of hydrogen-bond donors (Lipinski definition) is 0. The van der Waals surface area contributed by atoms with Gasteiger partial charge < -0.3 is 0 Å². The minimum absolute atomic E-state index is 0. The molecular weight excluding hydrogens is 503 g/mol. The Morgan fingerprint density at radius 3 is 1.47 bits per heavy atom. The van der Waals surface area contributed by atoms with E-state index < -0.39 is 19.4 Å². The molecule has 2 aliphatic carbocycles. The van der Waals surface area contributed by atoms with Crippen LogP contribution in [0.4, 0.5) is 0 Å². The molecule has 0 saturated heterocycles. The van der Waals surface area contributed by atoms with Crippen LogP contribution in [0.2, 0.25) is 4.13 Å². The SMILES string of the molecule is CCCCCC.C[CH2][Zr]([SiH3])([CH]1C=Cc2ccccc21)[CH]1C=Cc2ccccc21.Cl.Cl. The molecule has 2 aliphatic rings. The van der Waals surface area contributed by atoms with Crippen molar-refractivity contribution in [3.05, 3.63) is 82.9 Å². The minimum Gasteiger partial charge on any atom is -0.147 e. The molecule has 0 fully saturated rings. The van der Waals surface area contributed by atoms with Crippen LogP contribution >= 0.6 is 24.8 Å². The minimum atomic E-state index is -2.29. The van der Waals surface area contributed by atoms with Gasteiger partial charge in [-0.05, 0) is 0 Å². The Bertz CT molecular complexity index is 781. The standard InChI is InChI=1S/2C9H7.C6H14.C2H5.2ClH.H3Si.Zr/c2*1-2-5-9-7-3-6-8(9)4-1;1-3-5-6-4-2;1-2;;;;/h2*1-7H;3-6H2,1-2H3;1H2,2H3;2*1H;1H3;. The van der Waals surface area contributed by atoms with E-state index in [0.29, 0.717) is 0 Å². The van der Waals surface area contributed by atoms with Gasteiger partial charge in [0.15, 0.2) is 0 Å². The number of rotatable bonds is 6. The predicted octanol–water partition coefficient (Wildman–Crippen LogP) is 7.83. The summed E-state index contributed by atoms with van der Waals surface area (Å²) >= 11 is -2.29. The normalized spacial score (nSPS) is 19.6. The second-order valence-electron chi connectivity index (χ2n) is 8.50. The summed E-state index contributed by atoms with van der Waals surface area (Å²) < 4.78 is 2.97. The molecule has 0 saturated carbocycles. The van der Waals surface area contributed by atoms with E-state index >= 15 is 0 Å². The number of allylic oxidation sites excluding steroid dienone is 2. The number of benzene rings is 2. The van der Waals surface area contributed by atoms with E-state index in [9.17, 15) is 0 Å². The van der Waals surface area contributed by atoms with Crippen molar-refractivity contribution in [1.29, 1.82) is 0 Å². The van der Waals surface area contributed by atoms with Gasteiger partial charge in [0, 0.05) is 0 Å². The summed E-state index contributed by atoms with van der Waals surface area (Å²) in [5.74, 6) is 0.